The maximum absolute atomic E-state index is 5.98. The van der Waals surface area contributed by atoms with Crippen molar-refractivity contribution in [1.82, 2.24) is 29.7 Å². The van der Waals surface area contributed by atoms with E-state index in [1.165, 1.54) is 5.56 Å². The highest BCUT2D eigenvalue weighted by Crippen LogP contribution is 2.30. The Balaban J connectivity index is 1.48. The highest BCUT2D eigenvalue weighted by atomic mass is 16.5. The highest BCUT2D eigenvalue weighted by molar-refractivity contribution is 5.15. The lowest BCUT2D eigenvalue weighted by Gasteiger charge is -2.41. The van der Waals surface area contributed by atoms with Crippen LogP contribution in [0.25, 0.3) is 0 Å². The molecule has 0 amide bonds. The first-order valence-electron chi connectivity index (χ1n) is 8.50. The molecule has 4 heterocycles. The number of fused-ring (bicyclic) bond motifs is 3. The van der Waals surface area contributed by atoms with Crippen molar-refractivity contribution in [2.75, 3.05) is 13.1 Å². The minimum atomic E-state index is 0.268. The van der Waals surface area contributed by atoms with E-state index in [4.69, 9.17) is 4.74 Å². The topological polar surface area (TPSA) is 61.0 Å². The highest BCUT2D eigenvalue weighted by Gasteiger charge is 2.36. The average Bonchev–Trinajstić information content (AvgIpc) is 3.15. The Kier molecular flexibility index (Phi) is 3.90. The molecule has 2 aliphatic heterocycles. The molecule has 0 spiro atoms. The zero-order valence-electron chi connectivity index (χ0n) is 13.9. The van der Waals surface area contributed by atoms with Gasteiger partial charge in [0, 0.05) is 37.9 Å². The molecule has 124 valence electrons. The van der Waals surface area contributed by atoms with Crippen LogP contribution in [-0.2, 0) is 24.4 Å². The number of piperidine rings is 1. The molecule has 2 aliphatic rings. The Morgan fingerprint density at radius 1 is 1.39 bits per heavy atom. The van der Waals surface area contributed by atoms with Gasteiger partial charge in [0.05, 0.1) is 36.3 Å². The summed E-state index contributed by atoms with van der Waals surface area (Å²) >= 11 is 0. The molecular weight excluding hydrogens is 292 g/mol. The molecule has 1 saturated heterocycles. The fourth-order valence-electron chi connectivity index (χ4n) is 3.69. The van der Waals surface area contributed by atoms with Gasteiger partial charge < -0.3 is 4.74 Å². The molecule has 2 aromatic heterocycles. The lowest BCUT2D eigenvalue weighted by atomic mass is 10.00. The van der Waals surface area contributed by atoms with Crippen molar-refractivity contribution >= 4 is 0 Å². The molecule has 2 atom stereocenters. The smallest absolute Gasteiger partial charge is 0.0930 e. The number of ether oxygens (including phenoxy) is 1. The lowest BCUT2D eigenvalue weighted by Crippen LogP contribution is -2.47. The first-order chi connectivity index (χ1) is 11.2. The predicted molar refractivity (Wildman–Crippen MR) is 84.8 cm³/mol. The second-order valence-corrected chi connectivity index (χ2v) is 6.61. The van der Waals surface area contributed by atoms with Crippen LogP contribution in [0.4, 0.5) is 0 Å². The third-order valence-corrected chi connectivity index (χ3v) is 4.91. The van der Waals surface area contributed by atoms with E-state index >= 15 is 0 Å². The van der Waals surface area contributed by atoms with Crippen molar-refractivity contribution in [1.29, 1.82) is 0 Å². The van der Waals surface area contributed by atoms with E-state index in [1.54, 1.807) is 0 Å². The van der Waals surface area contributed by atoms with Crippen molar-refractivity contribution in [3.8, 4) is 0 Å². The summed E-state index contributed by atoms with van der Waals surface area (Å²) in [6, 6.07) is 0.279. The van der Waals surface area contributed by atoms with Crippen molar-refractivity contribution < 1.29 is 4.74 Å². The van der Waals surface area contributed by atoms with Crippen LogP contribution in [0.2, 0.25) is 0 Å². The Hall–Kier alpha value is -1.73. The quantitative estimate of drug-likeness (QED) is 0.856. The van der Waals surface area contributed by atoms with E-state index in [9.17, 15) is 0 Å². The van der Waals surface area contributed by atoms with Gasteiger partial charge in [0.25, 0.3) is 0 Å². The largest absolute Gasteiger partial charge is 0.370 e. The molecule has 1 fully saturated rings. The summed E-state index contributed by atoms with van der Waals surface area (Å²) in [5.41, 5.74) is 3.55. The van der Waals surface area contributed by atoms with Crippen molar-refractivity contribution in [2.45, 2.75) is 58.5 Å². The van der Waals surface area contributed by atoms with Gasteiger partial charge in [-0.2, -0.15) is 5.10 Å². The van der Waals surface area contributed by atoms with Crippen molar-refractivity contribution in [2.24, 2.45) is 0 Å². The average molecular weight is 316 g/mol. The number of aromatic nitrogens is 5. The summed E-state index contributed by atoms with van der Waals surface area (Å²) in [5.74, 6) is 0. The first-order valence-corrected chi connectivity index (χ1v) is 8.50. The number of rotatable bonds is 4. The number of likely N-dealkylation sites (tertiary alicyclic amines) is 1. The second kappa shape index (κ2) is 6.05. The number of hydrogen-bond donors (Lipinski definition) is 0. The van der Waals surface area contributed by atoms with E-state index in [-0.39, 0.29) is 12.1 Å². The molecule has 0 unspecified atom stereocenters. The van der Waals surface area contributed by atoms with Gasteiger partial charge in [-0.15, -0.1) is 5.10 Å². The van der Waals surface area contributed by atoms with Crippen LogP contribution in [0.3, 0.4) is 0 Å². The molecule has 7 heteroatoms. The van der Waals surface area contributed by atoms with E-state index < -0.39 is 0 Å². The summed E-state index contributed by atoms with van der Waals surface area (Å²) < 4.78 is 10.1. The fraction of sp³-hybridized carbons (Fsp3) is 0.688. The maximum Gasteiger partial charge on any atom is 0.0930 e. The van der Waals surface area contributed by atoms with Gasteiger partial charge in [0.1, 0.15) is 0 Å². The molecule has 0 aromatic carbocycles. The zero-order chi connectivity index (χ0) is 15.8. The minimum Gasteiger partial charge on any atom is -0.370 e. The monoisotopic (exact) mass is 316 g/mol. The van der Waals surface area contributed by atoms with E-state index in [0.717, 1.165) is 50.4 Å². The Morgan fingerprint density at radius 2 is 2.30 bits per heavy atom. The Bertz CT molecular complexity index is 678. The molecule has 0 aliphatic carbocycles. The third-order valence-electron chi connectivity index (χ3n) is 4.91. The number of aryl methyl sites for hydroxylation is 2. The van der Waals surface area contributed by atoms with Gasteiger partial charge in [0.15, 0.2) is 0 Å². The molecule has 7 nitrogen and oxygen atoms in total. The summed E-state index contributed by atoms with van der Waals surface area (Å²) in [6.45, 7) is 8.87. The van der Waals surface area contributed by atoms with Crippen LogP contribution in [0.15, 0.2) is 12.4 Å². The van der Waals surface area contributed by atoms with Crippen LogP contribution < -0.4 is 0 Å². The summed E-state index contributed by atoms with van der Waals surface area (Å²) in [7, 11) is 0. The van der Waals surface area contributed by atoms with Gasteiger partial charge in [-0.05, 0) is 19.8 Å². The van der Waals surface area contributed by atoms with Crippen LogP contribution >= 0.6 is 0 Å². The van der Waals surface area contributed by atoms with Gasteiger partial charge in [-0.1, -0.05) is 12.1 Å². The maximum atomic E-state index is 5.98. The Morgan fingerprint density at radius 3 is 3.17 bits per heavy atom. The second-order valence-electron chi connectivity index (χ2n) is 6.61. The summed E-state index contributed by atoms with van der Waals surface area (Å²) in [5, 5.41) is 12.9. The predicted octanol–water partition coefficient (Wildman–Crippen LogP) is 1.54. The fourth-order valence-corrected chi connectivity index (χ4v) is 3.69. The molecule has 2 aromatic rings. The van der Waals surface area contributed by atoms with Gasteiger partial charge in [-0.3, -0.25) is 9.58 Å². The molecule has 0 N–H and O–H groups in total. The lowest BCUT2D eigenvalue weighted by molar-refractivity contribution is -0.0670. The zero-order valence-corrected chi connectivity index (χ0v) is 13.9. The van der Waals surface area contributed by atoms with E-state index in [2.05, 4.69) is 49.7 Å². The molecule has 4 rings (SSSR count). The van der Waals surface area contributed by atoms with Gasteiger partial charge >= 0.3 is 0 Å². The van der Waals surface area contributed by atoms with Crippen LogP contribution in [0.1, 0.15) is 42.8 Å². The normalized spacial score (nSPS) is 24.4. The van der Waals surface area contributed by atoms with E-state index in [1.807, 2.05) is 6.20 Å². The molecule has 0 saturated carbocycles. The third kappa shape index (κ3) is 2.79. The summed E-state index contributed by atoms with van der Waals surface area (Å²) in [4.78, 5) is 2.49. The van der Waals surface area contributed by atoms with Gasteiger partial charge in [-0.25, -0.2) is 4.68 Å². The molecule has 0 radical (unpaired) electrons. The molecular formula is C16H24N6O. The number of nitrogens with zero attached hydrogens (tertiary/aromatic N) is 6. The molecule has 23 heavy (non-hydrogen) atoms. The van der Waals surface area contributed by atoms with Crippen LogP contribution in [0, 0.1) is 6.92 Å². The molecule has 0 bridgehead atoms. The number of hydrogen-bond acceptors (Lipinski definition) is 5. The van der Waals surface area contributed by atoms with Gasteiger partial charge in [0.2, 0.25) is 0 Å². The van der Waals surface area contributed by atoms with E-state index in [0.29, 0.717) is 6.61 Å². The SMILES string of the molecule is CCCn1cc(CN2CC[C@@H]3OCc4cnnn4[C@@H]3C2)c(C)n1. The van der Waals surface area contributed by atoms with Crippen LogP contribution in [0.5, 0.6) is 0 Å². The van der Waals surface area contributed by atoms with Crippen molar-refractivity contribution in [3.63, 3.8) is 0 Å². The summed E-state index contributed by atoms with van der Waals surface area (Å²) in [6.07, 6.45) is 6.44. The Labute approximate surface area is 136 Å². The minimum absolute atomic E-state index is 0.268. The first kappa shape index (κ1) is 14.8. The van der Waals surface area contributed by atoms with Crippen molar-refractivity contribution in [3.05, 3.63) is 29.3 Å². The van der Waals surface area contributed by atoms with Crippen LogP contribution in [-0.4, -0.2) is 48.9 Å². The standard InChI is InChI=1S/C16H24N6O/c1-3-5-21-9-13(12(2)18-21)8-20-6-4-16-15(10-20)22-14(11-23-16)7-17-19-22/h7,9,15-16H,3-6,8,10-11H2,1-2H3/t15-,16+/m1/s1.